The second kappa shape index (κ2) is 4.00. The largest absolute Gasteiger partial charge is 0.433 e. The Kier molecular flexibility index (Phi) is 3.15. The van der Waals surface area contributed by atoms with Gasteiger partial charge in [0.05, 0.1) is 5.69 Å². The van der Waals surface area contributed by atoms with Crippen molar-refractivity contribution in [2.45, 2.75) is 11.3 Å². The Morgan fingerprint density at radius 1 is 1.43 bits per heavy atom. The molecule has 0 atom stereocenters. The van der Waals surface area contributed by atoms with E-state index >= 15 is 0 Å². The zero-order chi connectivity index (χ0) is 10.8. The molecular formula is C8H7F3N2S. The third kappa shape index (κ3) is 2.47. The molecule has 0 radical (unpaired) electrons. The summed E-state index contributed by atoms with van der Waals surface area (Å²) in [5, 5.41) is 0.0923. The maximum Gasteiger partial charge on any atom is 0.433 e. The molecule has 0 aliphatic carbocycles. The lowest BCUT2D eigenvalue weighted by atomic mass is 10.3. The quantitative estimate of drug-likeness (QED) is 0.566. The summed E-state index contributed by atoms with van der Waals surface area (Å²) in [6.45, 7) is 3.36. The Labute approximate surface area is 83.3 Å². The lowest BCUT2D eigenvalue weighted by molar-refractivity contribution is -0.141. The van der Waals surface area contributed by atoms with Gasteiger partial charge in [0.25, 0.3) is 0 Å². The van der Waals surface area contributed by atoms with Gasteiger partial charge in [-0.25, -0.2) is 9.97 Å². The summed E-state index contributed by atoms with van der Waals surface area (Å²) in [5.41, 5.74) is -0.761. The first-order valence-electron chi connectivity index (χ1n) is 3.60. The van der Waals surface area contributed by atoms with E-state index in [0.29, 0.717) is 0 Å². The van der Waals surface area contributed by atoms with Crippen LogP contribution in [0.5, 0.6) is 0 Å². The van der Waals surface area contributed by atoms with Crippen LogP contribution in [0.3, 0.4) is 0 Å². The van der Waals surface area contributed by atoms with Gasteiger partial charge in [0.2, 0.25) is 0 Å². The first kappa shape index (κ1) is 11.0. The van der Waals surface area contributed by atoms with Gasteiger partial charge in [-0.3, -0.25) is 0 Å². The van der Waals surface area contributed by atoms with E-state index in [1.54, 1.807) is 6.26 Å². The van der Waals surface area contributed by atoms with Gasteiger partial charge in [-0.05, 0) is 18.4 Å². The van der Waals surface area contributed by atoms with Crippen molar-refractivity contribution in [3.05, 3.63) is 24.0 Å². The number of aromatic nitrogens is 2. The Morgan fingerprint density at radius 3 is 2.50 bits per heavy atom. The summed E-state index contributed by atoms with van der Waals surface area (Å²) in [5.74, 6) is 0. The van der Waals surface area contributed by atoms with Gasteiger partial charge in [-0.15, -0.1) is 0 Å². The lowest BCUT2D eigenvalue weighted by Gasteiger charge is -2.07. The molecule has 0 unspecified atom stereocenters. The minimum absolute atomic E-state index is 0.0923. The van der Waals surface area contributed by atoms with Crippen molar-refractivity contribution in [2.75, 3.05) is 6.26 Å². The lowest BCUT2D eigenvalue weighted by Crippen LogP contribution is -2.09. The Morgan fingerprint density at radius 2 is 2.07 bits per heavy atom. The fourth-order valence-corrected chi connectivity index (χ4v) is 1.17. The third-order valence-corrected chi connectivity index (χ3v) is 1.96. The third-order valence-electron chi connectivity index (χ3n) is 1.41. The molecule has 0 saturated carbocycles. The van der Waals surface area contributed by atoms with Crippen molar-refractivity contribution in [3.8, 4) is 0 Å². The second-order valence-corrected chi connectivity index (χ2v) is 3.14. The van der Waals surface area contributed by atoms with Crippen LogP contribution in [0.2, 0.25) is 0 Å². The van der Waals surface area contributed by atoms with Crippen LogP contribution in [0.25, 0.3) is 6.08 Å². The van der Waals surface area contributed by atoms with E-state index in [9.17, 15) is 13.2 Å². The zero-order valence-corrected chi connectivity index (χ0v) is 8.11. The highest BCUT2D eigenvalue weighted by atomic mass is 32.2. The molecule has 0 aliphatic heterocycles. The smallest absolute Gasteiger partial charge is 0.223 e. The maximum atomic E-state index is 12.3. The van der Waals surface area contributed by atoms with Gasteiger partial charge in [-0.1, -0.05) is 18.3 Å². The molecule has 6 heteroatoms. The molecule has 0 amide bonds. The summed E-state index contributed by atoms with van der Waals surface area (Å²) in [7, 11) is 0. The summed E-state index contributed by atoms with van der Waals surface area (Å²) < 4.78 is 36.9. The SMILES string of the molecule is C=Cc1cc(C(F)(F)F)nc(SC)n1. The number of nitrogens with zero attached hydrogens (tertiary/aromatic N) is 2. The summed E-state index contributed by atoms with van der Waals surface area (Å²) >= 11 is 1.06. The molecule has 0 aliphatic rings. The molecule has 2 nitrogen and oxygen atoms in total. The van der Waals surface area contributed by atoms with Crippen molar-refractivity contribution >= 4 is 17.8 Å². The molecule has 0 aromatic carbocycles. The molecule has 1 aromatic heterocycles. The first-order valence-corrected chi connectivity index (χ1v) is 4.82. The standard InChI is InChI=1S/C8H7F3N2S/c1-3-5-4-6(8(9,10)11)13-7(12-5)14-2/h3-4H,1H2,2H3. The molecule has 0 fully saturated rings. The van der Waals surface area contributed by atoms with Crippen LogP contribution in [0, 0.1) is 0 Å². The van der Waals surface area contributed by atoms with Crippen molar-refractivity contribution in [1.82, 2.24) is 9.97 Å². The Hall–Kier alpha value is -1.04. The summed E-state index contributed by atoms with van der Waals surface area (Å²) in [4.78, 5) is 7.17. The van der Waals surface area contributed by atoms with E-state index in [-0.39, 0.29) is 10.9 Å². The van der Waals surface area contributed by atoms with E-state index in [1.807, 2.05) is 0 Å². The van der Waals surface area contributed by atoms with Gasteiger partial charge in [0, 0.05) is 0 Å². The average Bonchev–Trinajstić information content (AvgIpc) is 2.15. The van der Waals surface area contributed by atoms with Crippen molar-refractivity contribution < 1.29 is 13.2 Å². The molecule has 0 saturated heterocycles. The van der Waals surface area contributed by atoms with Crippen LogP contribution in [-0.2, 0) is 6.18 Å². The molecule has 1 aromatic rings. The predicted molar refractivity (Wildman–Crippen MR) is 48.9 cm³/mol. The average molecular weight is 220 g/mol. The van der Waals surface area contributed by atoms with Crippen LogP contribution in [0.15, 0.2) is 17.8 Å². The number of halogens is 3. The molecule has 1 rings (SSSR count). The molecule has 0 spiro atoms. The number of rotatable bonds is 2. The highest BCUT2D eigenvalue weighted by Crippen LogP contribution is 2.29. The fourth-order valence-electron chi connectivity index (χ4n) is 0.784. The topological polar surface area (TPSA) is 25.8 Å². The molecule has 0 bridgehead atoms. The van der Waals surface area contributed by atoms with Gasteiger partial charge in [0.1, 0.15) is 5.69 Å². The van der Waals surface area contributed by atoms with Gasteiger partial charge in [-0.2, -0.15) is 13.2 Å². The molecule has 76 valence electrons. The Bertz CT molecular complexity index is 349. The van der Waals surface area contributed by atoms with Crippen LogP contribution >= 0.6 is 11.8 Å². The minimum Gasteiger partial charge on any atom is -0.223 e. The summed E-state index contributed by atoms with van der Waals surface area (Å²) in [6, 6.07) is 0.868. The minimum atomic E-state index is -4.44. The van der Waals surface area contributed by atoms with Crippen LogP contribution in [0.1, 0.15) is 11.4 Å². The number of alkyl halides is 3. The normalized spacial score (nSPS) is 11.4. The van der Waals surface area contributed by atoms with Crippen LogP contribution in [0.4, 0.5) is 13.2 Å². The van der Waals surface area contributed by atoms with Gasteiger partial charge < -0.3 is 0 Å². The van der Waals surface area contributed by atoms with Gasteiger partial charge >= 0.3 is 6.18 Å². The van der Waals surface area contributed by atoms with Crippen LogP contribution in [-0.4, -0.2) is 16.2 Å². The highest BCUT2D eigenvalue weighted by molar-refractivity contribution is 7.98. The molecule has 1 heterocycles. The van der Waals surface area contributed by atoms with Crippen molar-refractivity contribution in [1.29, 1.82) is 0 Å². The molecular weight excluding hydrogens is 213 g/mol. The van der Waals surface area contributed by atoms with Gasteiger partial charge in [0.15, 0.2) is 5.16 Å². The van der Waals surface area contributed by atoms with Crippen LogP contribution < -0.4 is 0 Å². The molecule has 0 N–H and O–H groups in total. The van der Waals surface area contributed by atoms with E-state index in [2.05, 4.69) is 16.5 Å². The first-order chi connectivity index (χ1) is 6.47. The number of hydrogen-bond acceptors (Lipinski definition) is 3. The second-order valence-electron chi connectivity index (χ2n) is 2.37. The number of hydrogen-bond donors (Lipinski definition) is 0. The fraction of sp³-hybridized carbons (Fsp3) is 0.250. The van der Waals surface area contributed by atoms with E-state index in [1.165, 1.54) is 6.08 Å². The number of thioether (sulfide) groups is 1. The van der Waals surface area contributed by atoms with E-state index in [4.69, 9.17) is 0 Å². The predicted octanol–water partition coefficient (Wildman–Crippen LogP) is 2.86. The maximum absolute atomic E-state index is 12.3. The molecule has 14 heavy (non-hydrogen) atoms. The van der Waals surface area contributed by atoms with E-state index < -0.39 is 11.9 Å². The monoisotopic (exact) mass is 220 g/mol. The highest BCUT2D eigenvalue weighted by Gasteiger charge is 2.33. The Balaban J connectivity index is 3.24. The van der Waals surface area contributed by atoms with Crippen molar-refractivity contribution in [3.63, 3.8) is 0 Å². The summed E-state index contributed by atoms with van der Waals surface area (Å²) in [6.07, 6.45) is -1.57. The van der Waals surface area contributed by atoms with E-state index in [0.717, 1.165) is 17.8 Å². The zero-order valence-electron chi connectivity index (χ0n) is 7.30. The van der Waals surface area contributed by atoms with Crippen molar-refractivity contribution in [2.24, 2.45) is 0 Å².